The van der Waals surface area contributed by atoms with Gasteiger partial charge in [-0.15, -0.1) is 18.3 Å². The quantitative estimate of drug-likeness (QED) is 0.243. The highest BCUT2D eigenvalue weighted by Gasteiger charge is 2.39. The molecule has 1 saturated carbocycles. The third-order valence-corrected chi connectivity index (χ3v) is 5.99. The zero-order valence-corrected chi connectivity index (χ0v) is 16.6. The highest BCUT2D eigenvalue weighted by Crippen LogP contribution is 2.44. The fourth-order valence-corrected chi connectivity index (χ4v) is 4.25. The van der Waals surface area contributed by atoms with Crippen LogP contribution in [0.2, 0.25) is 0 Å². The van der Waals surface area contributed by atoms with E-state index in [4.69, 9.17) is 9.73 Å². The largest absolute Gasteiger partial charge is 0.381 e. The number of rotatable bonds is 12. The van der Waals surface area contributed by atoms with Crippen molar-refractivity contribution in [1.29, 1.82) is 0 Å². The summed E-state index contributed by atoms with van der Waals surface area (Å²) in [7, 11) is 1.77. The first kappa shape index (κ1) is 20.3. The van der Waals surface area contributed by atoms with Gasteiger partial charge < -0.3 is 4.74 Å². The number of methoxy groups -OCH3 is 1. The summed E-state index contributed by atoms with van der Waals surface area (Å²) in [6.45, 7) is 6.09. The smallest absolute Gasteiger partial charge is 0.0783 e. The molecule has 0 radical (unpaired) electrons. The predicted octanol–water partition coefficient (Wildman–Crippen LogP) is 5.98. The first-order valence-corrected chi connectivity index (χ1v) is 10.6. The second-order valence-corrected chi connectivity index (χ2v) is 8.03. The van der Waals surface area contributed by atoms with Crippen molar-refractivity contribution in [3.8, 4) is 0 Å². The van der Waals surface area contributed by atoms with E-state index in [0.29, 0.717) is 12.1 Å². The maximum Gasteiger partial charge on any atom is 0.0783 e. The van der Waals surface area contributed by atoms with Crippen LogP contribution in [0.4, 0.5) is 0 Å². The fourth-order valence-electron chi connectivity index (χ4n) is 2.97. The van der Waals surface area contributed by atoms with Crippen LogP contribution in [0.15, 0.2) is 54.1 Å². The van der Waals surface area contributed by atoms with Crippen molar-refractivity contribution in [3.63, 3.8) is 0 Å². The summed E-state index contributed by atoms with van der Waals surface area (Å²) >= 11 is 1.97. The second kappa shape index (κ2) is 11.5. The minimum Gasteiger partial charge on any atom is -0.381 e. The van der Waals surface area contributed by atoms with Gasteiger partial charge in [-0.3, -0.25) is 4.99 Å². The Morgan fingerprint density at radius 1 is 1.24 bits per heavy atom. The zero-order valence-electron chi connectivity index (χ0n) is 15.8. The zero-order chi connectivity index (χ0) is 17.9. The average molecular weight is 360 g/mol. The van der Waals surface area contributed by atoms with Gasteiger partial charge in [-0.1, -0.05) is 49.5 Å². The van der Waals surface area contributed by atoms with Crippen LogP contribution in [0, 0.1) is 11.8 Å². The Morgan fingerprint density at radius 2 is 1.96 bits per heavy atom. The third-order valence-electron chi connectivity index (χ3n) is 4.78. The van der Waals surface area contributed by atoms with Crippen LogP contribution in [-0.4, -0.2) is 30.1 Å². The normalized spacial score (nSPS) is 27.4. The highest BCUT2D eigenvalue weighted by molar-refractivity contribution is 8.14. The fraction of sp³-hybridized carbons (Fsp3) is 0.591. The number of aliphatic imine (C=N–C) groups is 1. The van der Waals surface area contributed by atoms with Crippen molar-refractivity contribution in [2.24, 2.45) is 16.8 Å². The van der Waals surface area contributed by atoms with E-state index in [1.165, 1.54) is 11.5 Å². The lowest BCUT2D eigenvalue weighted by Crippen LogP contribution is -2.08. The summed E-state index contributed by atoms with van der Waals surface area (Å²) in [6, 6.07) is 0.418. The molecule has 1 aliphatic heterocycles. The predicted molar refractivity (Wildman–Crippen MR) is 112 cm³/mol. The first-order chi connectivity index (χ1) is 12.2. The molecule has 0 amide bonds. The maximum absolute atomic E-state index is 5.39. The van der Waals surface area contributed by atoms with Crippen LogP contribution >= 0.6 is 11.8 Å². The number of allylic oxidation sites excluding steroid dienone is 5. The lowest BCUT2D eigenvalue weighted by atomic mass is 10.1. The highest BCUT2D eigenvalue weighted by atomic mass is 32.2. The van der Waals surface area contributed by atoms with E-state index in [2.05, 4.69) is 50.0 Å². The molecule has 138 valence electrons. The Kier molecular flexibility index (Phi) is 9.35. The Morgan fingerprint density at radius 3 is 2.64 bits per heavy atom. The third kappa shape index (κ3) is 7.79. The molecule has 2 unspecified atom stereocenters. The summed E-state index contributed by atoms with van der Waals surface area (Å²) < 4.78 is 5.39. The van der Waals surface area contributed by atoms with Gasteiger partial charge in [-0.2, -0.15) is 0 Å². The molecule has 2 nitrogen and oxygen atoms in total. The Balaban J connectivity index is 1.52. The minimum absolute atomic E-state index is 0.302. The standard InChI is InChI=1S/C22H33NOS/c1-4-13-20(24-3)15-12-10-8-6-5-7-9-11-14-19-17-25-22(23-19)21-16-18(21)2/h4-6,8,10-11,14,18-21H,1,7,9,12-13,15-17H2,2-3H3/b6-5+,10-8+,14-11-/t18-,19?,20?,21+/m0/s1. The van der Waals surface area contributed by atoms with E-state index in [9.17, 15) is 0 Å². The maximum atomic E-state index is 5.39. The molecular formula is C22H33NOS. The van der Waals surface area contributed by atoms with Crippen LogP contribution in [-0.2, 0) is 4.74 Å². The molecule has 2 rings (SSSR count). The molecule has 0 spiro atoms. The number of unbranched alkanes of at least 4 members (excludes halogenated alkanes) is 1. The van der Waals surface area contributed by atoms with Gasteiger partial charge in [0, 0.05) is 18.8 Å². The number of nitrogens with zero attached hydrogens (tertiary/aromatic N) is 1. The van der Waals surface area contributed by atoms with Gasteiger partial charge in [-0.25, -0.2) is 0 Å². The summed E-state index contributed by atoms with van der Waals surface area (Å²) in [5.74, 6) is 2.80. The van der Waals surface area contributed by atoms with Gasteiger partial charge in [0.25, 0.3) is 0 Å². The molecule has 0 aromatic heterocycles. The van der Waals surface area contributed by atoms with E-state index in [1.807, 2.05) is 17.8 Å². The van der Waals surface area contributed by atoms with Crippen molar-refractivity contribution in [3.05, 3.63) is 49.1 Å². The average Bonchev–Trinajstić information content (AvgIpc) is 3.16. The Hall–Kier alpha value is -1.06. The number of thioether (sulfide) groups is 1. The van der Waals surface area contributed by atoms with Crippen molar-refractivity contribution >= 4 is 16.8 Å². The SMILES string of the molecule is C=CCC(CC/C=C/C=C/CC/C=C\C1CSC([C@@H]2C[C@@H]2C)=N1)OC. The molecule has 0 saturated heterocycles. The molecular weight excluding hydrogens is 326 g/mol. The first-order valence-electron chi connectivity index (χ1n) is 9.57. The topological polar surface area (TPSA) is 21.6 Å². The minimum atomic E-state index is 0.302. The molecule has 0 N–H and O–H groups in total. The van der Waals surface area contributed by atoms with Crippen molar-refractivity contribution in [2.75, 3.05) is 12.9 Å². The van der Waals surface area contributed by atoms with Gasteiger partial charge in [0.15, 0.2) is 0 Å². The van der Waals surface area contributed by atoms with Gasteiger partial charge in [0.2, 0.25) is 0 Å². The van der Waals surface area contributed by atoms with E-state index < -0.39 is 0 Å². The molecule has 0 aromatic rings. The van der Waals surface area contributed by atoms with Crippen LogP contribution < -0.4 is 0 Å². The van der Waals surface area contributed by atoms with Crippen LogP contribution in [0.25, 0.3) is 0 Å². The molecule has 2 aliphatic rings. The molecule has 1 aliphatic carbocycles. The molecule has 1 fully saturated rings. The molecule has 0 aromatic carbocycles. The molecule has 1 heterocycles. The molecule has 25 heavy (non-hydrogen) atoms. The van der Waals surface area contributed by atoms with E-state index in [1.54, 1.807) is 7.11 Å². The van der Waals surface area contributed by atoms with Gasteiger partial charge in [-0.05, 0) is 44.4 Å². The van der Waals surface area contributed by atoms with E-state index in [0.717, 1.165) is 49.7 Å². The summed E-state index contributed by atoms with van der Waals surface area (Å²) in [6.07, 6.45) is 22.1. The number of hydrogen-bond acceptors (Lipinski definition) is 3. The van der Waals surface area contributed by atoms with Crippen molar-refractivity contribution in [1.82, 2.24) is 0 Å². The lowest BCUT2D eigenvalue weighted by molar-refractivity contribution is 0.0987. The lowest BCUT2D eigenvalue weighted by Gasteiger charge is -2.10. The second-order valence-electron chi connectivity index (χ2n) is 6.99. The van der Waals surface area contributed by atoms with Gasteiger partial charge >= 0.3 is 0 Å². The Bertz CT molecular complexity index is 520. The van der Waals surface area contributed by atoms with Crippen LogP contribution in [0.5, 0.6) is 0 Å². The summed E-state index contributed by atoms with van der Waals surface area (Å²) in [5.41, 5.74) is 0. The van der Waals surface area contributed by atoms with Crippen molar-refractivity contribution in [2.45, 2.75) is 57.6 Å². The summed E-state index contributed by atoms with van der Waals surface area (Å²) in [4.78, 5) is 4.85. The van der Waals surface area contributed by atoms with Gasteiger partial charge in [0.1, 0.15) is 0 Å². The molecule has 3 heteroatoms. The monoisotopic (exact) mass is 359 g/mol. The van der Waals surface area contributed by atoms with E-state index in [-0.39, 0.29) is 0 Å². The number of ether oxygens (including phenoxy) is 1. The summed E-state index contributed by atoms with van der Waals surface area (Å²) in [5, 5.41) is 1.41. The van der Waals surface area contributed by atoms with Crippen molar-refractivity contribution < 1.29 is 4.74 Å². The Labute approximate surface area is 158 Å². The molecule has 4 atom stereocenters. The van der Waals surface area contributed by atoms with Gasteiger partial charge in [0.05, 0.1) is 17.2 Å². The number of hydrogen-bond donors (Lipinski definition) is 0. The van der Waals surface area contributed by atoms with E-state index >= 15 is 0 Å². The molecule has 0 bridgehead atoms. The van der Waals surface area contributed by atoms with Crippen LogP contribution in [0.1, 0.15) is 45.4 Å². The van der Waals surface area contributed by atoms with Crippen LogP contribution in [0.3, 0.4) is 0 Å².